The summed E-state index contributed by atoms with van der Waals surface area (Å²) in [4.78, 5) is 0. The monoisotopic (exact) mass is 209 g/mol. The molecule has 13 heavy (non-hydrogen) atoms. The third kappa shape index (κ3) is 2.62. The Balaban J connectivity index is 2.77. The lowest BCUT2D eigenvalue weighted by molar-refractivity contribution is -0.138. The van der Waals surface area contributed by atoms with Crippen molar-refractivity contribution in [2.24, 2.45) is 0 Å². The molecule has 73 valence electrons. The first-order valence-electron chi connectivity index (χ1n) is 3.75. The Bertz CT molecular complexity index is 267. The average molecular weight is 209 g/mol. The first-order chi connectivity index (χ1) is 6.05. The molecule has 1 radical (unpaired) electrons. The smallest absolute Gasteiger partial charge is 0.421 e. The standard InChI is InChI=1S/C8H8F3OS/c1-2-3-12-7-5-13-4-6(7)8(9,10)11/h5H,2-3H2,1H3. The lowest BCUT2D eigenvalue weighted by Gasteiger charge is -2.08. The molecule has 1 nitrogen and oxygen atoms in total. The normalized spacial score (nSPS) is 11.7. The fourth-order valence-corrected chi connectivity index (χ4v) is 1.45. The van der Waals surface area contributed by atoms with E-state index in [9.17, 15) is 13.2 Å². The van der Waals surface area contributed by atoms with Crippen molar-refractivity contribution in [3.63, 3.8) is 0 Å². The van der Waals surface area contributed by atoms with Gasteiger partial charge in [-0.05, 0) is 6.42 Å². The van der Waals surface area contributed by atoms with Crippen LogP contribution in [0.2, 0.25) is 0 Å². The Labute approximate surface area is 78.1 Å². The van der Waals surface area contributed by atoms with Crippen LogP contribution in [-0.4, -0.2) is 6.61 Å². The van der Waals surface area contributed by atoms with Crippen LogP contribution in [0.25, 0.3) is 0 Å². The predicted octanol–water partition coefficient (Wildman–Crippen LogP) is 3.36. The number of hydrogen-bond donors (Lipinski definition) is 0. The van der Waals surface area contributed by atoms with Crippen molar-refractivity contribution in [3.05, 3.63) is 16.3 Å². The highest BCUT2D eigenvalue weighted by Crippen LogP contribution is 2.38. The van der Waals surface area contributed by atoms with Crippen LogP contribution in [0.15, 0.2) is 5.38 Å². The minimum absolute atomic E-state index is 0.112. The van der Waals surface area contributed by atoms with E-state index in [1.807, 2.05) is 6.92 Å². The zero-order chi connectivity index (χ0) is 9.90. The Morgan fingerprint density at radius 1 is 1.54 bits per heavy atom. The molecule has 0 aliphatic rings. The summed E-state index contributed by atoms with van der Waals surface area (Å²) in [5, 5.41) is 3.46. The molecule has 0 aromatic carbocycles. The summed E-state index contributed by atoms with van der Waals surface area (Å²) in [7, 11) is 0. The van der Waals surface area contributed by atoms with Crippen molar-refractivity contribution in [1.29, 1.82) is 0 Å². The van der Waals surface area contributed by atoms with Crippen LogP contribution in [0.3, 0.4) is 0 Å². The van der Waals surface area contributed by atoms with E-state index in [0.29, 0.717) is 13.0 Å². The number of halogens is 3. The second kappa shape index (κ2) is 4.00. The molecule has 0 bridgehead atoms. The largest absolute Gasteiger partial charge is 0.492 e. The maximum absolute atomic E-state index is 12.2. The van der Waals surface area contributed by atoms with Gasteiger partial charge in [-0.15, -0.1) is 11.3 Å². The molecule has 0 amide bonds. The van der Waals surface area contributed by atoms with Crippen LogP contribution in [0.5, 0.6) is 5.75 Å². The van der Waals surface area contributed by atoms with Crippen molar-refractivity contribution in [1.82, 2.24) is 0 Å². The number of hydrogen-bond acceptors (Lipinski definition) is 2. The van der Waals surface area contributed by atoms with E-state index in [4.69, 9.17) is 4.74 Å². The maximum Gasteiger partial charge on any atom is 0.421 e. The molecule has 1 heterocycles. The predicted molar refractivity (Wildman–Crippen MR) is 43.9 cm³/mol. The van der Waals surface area contributed by atoms with Gasteiger partial charge in [0.05, 0.1) is 12.0 Å². The van der Waals surface area contributed by atoms with Crippen molar-refractivity contribution < 1.29 is 17.9 Å². The summed E-state index contributed by atoms with van der Waals surface area (Å²) in [6.45, 7) is 2.14. The van der Waals surface area contributed by atoms with Gasteiger partial charge in [0.1, 0.15) is 11.3 Å². The summed E-state index contributed by atoms with van der Waals surface area (Å²) in [5.41, 5.74) is -0.800. The van der Waals surface area contributed by atoms with Crippen LogP contribution >= 0.6 is 11.3 Å². The maximum atomic E-state index is 12.2. The second-order valence-electron chi connectivity index (χ2n) is 2.42. The van der Waals surface area contributed by atoms with E-state index in [-0.39, 0.29) is 5.75 Å². The molecule has 0 aliphatic carbocycles. The number of alkyl halides is 3. The molecule has 0 saturated carbocycles. The molecule has 1 aromatic heterocycles. The summed E-state index contributed by atoms with van der Waals surface area (Å²) < 4.78 is 41.5. The first kappa shape index (κ1) is 10.4. The molecule has 0 saturated heterocycles. The van der Waals surface area contributed by atoms with Gasteiger partial charge in [-0.3, -0.25) is 0 Å². The molecular formula is C8H8F3OS. The van der Waals surface area contributed by atoms with Crippen molar-refractivity contribution >= 4 is 11.3 Å². The van der Waals surface area contributed by atoms with Crippen LogP contribution < -0.4 is 4.74 Å². The summed E-state index contributed by atoms with van der Waals surface area (Å²) in [5.74, 6) is -0.112. The van der Waals surface area contributed by atoms with E-state index in [1.54, 1.807) is 0 Å². The van der Waals surface area contributed by atoms with Crippen LogP contribution in [0.1, 0.15) is 18.9 Å². The van der Waals surface area contributed by atoms with Crippen LogP contribution in [0, 0.1) is 5.38 Å². The zero-order valence-electron chi connectivity index (χ0n) is 6.94. The molecule has 0 fully saturated rings. The topological polar surface area (TPSA) is 9.23 Å². The number of rotatable bonds is 3. The minimum Gasteiger partial charge on any atom is -0.492 e. The van der Waals surface area contributed by atoms with Gasteiger partial charge in [0.2, 0.25) is 0 Å². The Hall–Kier alpha value is -0.710. The Kier molecular flexibility index (Phi) is 3.19. The van der Waals surface area contributed by atoms with Gasteiger partial charge in [-0.25, -0.2) is 0 Å². The third-order valence-electron chi connectivity index (χ3n) is 1.32. The van der Waals surface area contributed by atoms with Crippen molar-refractivity contribution in [3.8, 4) is 5.75 Å². The van der Waals surface area contributed by atoms with Gasteiger partial charge in [0.15, 0.2) is 0 Å². The first-order valence-corrected chi connectivity index (χ1v) is 4.63. The molecule has 1 rings (SSSR count). The van der Waals surface area contributed by atoms with Crippen molar-refractivity contribution in [2.45, 2.75) is 19.5 Å². The van der Waals surface area contributed by atoms with Crippen LogP contribution in [0.4, 0.5) is 13.2 Å². The molecule has 1 aromatic rings. The van der Waals surface area contributed by atoms with Gasteiger partial charge in [-0.1, -0.05) is 6.92 Å². The van der Waals surface area contributed by atoms with Crippen molar-refractivity contribution in [2.75, 3.05) is 6.61 Å². The third-order valence-corrected chi connectivity index (χ3v) is 1.97. The Morgan fingerprint density at radius 2 is 2.23 bits per heavy atom. The van der Waals surface area contributed by atoms with E-state index >= 15 is 0 Å². The lowest BCUT2D eigenvalue weighted by Crippen LogP contribution is -2.06. The SMILES string of the molecule is CCCOc1cs[c]c1C(F)(F)F. The van der Waals surface area contributed by atoms with E-state index < -0.39 is 11.7 Å². The van der Waals surface area contributed by atoms with Gasteiger partial charge >= 0.3 is 6.18 Å². The fraction of sp³-hybridized carbons (Fsp3) is 0.500. The quantitative estimate of drug-likeness (QED) is 0.741. The highest BCUT2D eigenvalue weighted by atomic mass is 32.1. The minimum atomic E-state index is -4.36. The summed E-state index contributed by atoms with van der Waals surface area (Å²) >= 11 is 0.874. The summed E-state index contributed by atoms with van der Waals surface area (Å²) in [6.07, 6.45) is -3.67. The zero-order valence-corrected chi connectivity index (χ0v) is 7.76. The average Bonchev–Trinajstić information content (AvgIpc) is 2.47. The highest BCUT2D eigenvalue weighted by Gasteiger charge is 2.35. The fourth-order valence-electron chi connectivity index (χ4n) is 0.767. The highest BCUT2D eigenvalue weighted by molar-refractivity contribution is 7.07. The van der Waals surface area contributed by atoms with Gasteiger partial charge < -0.3 is 4.74 Å². The lowest BCUT2D eigenvalue weighted by atomic mass is 10.3. The molecule has 0 aliphatic heterocycles. The van der Waals surface area contributed by atoms with E-state index in [1.165, 1.54) is 5.38 Å². The number of thiophene rings is 1. The number of ether oxygens (including phenoxy) is 1. The van der Waals surface area contributed by atoms with Gasteiger partial charge in [0.25, 0.3) is 0 Å². The van der Waals surface area contributed by atoms with E-state index in [0.717, 1.165) is 11.3 Å². The molecular weight excluding hydrogens is 201 g/mol. The van der Waals surface area contributed by atoms with Gasteiger partial charge in [-0.2, -0.15) is 13.2 Å². The van der Waals surface area contributed by atoms with Gasteiger partial charge in [0, 0.05) is 5.38 Å². The Morgan fingerprint density at radius 3 is 2.77 bits per heavy atom. The second-order valence-corrected chi connectivity index (χ2v) is 3.10. The molecule has 5 heteroatoms. The van der Waals surface area contributed by atoms with Crippen LogP contribution in [-0.2, 0) is 6.18 Å². The van der Waals surface area contributed by atoms with E-state index in [2.05, 4.69) is 5.38 Å². The molecule has 0 atom stereocenters. The molecule has 0 spiro atoms. The molecule has 0 N–H and O–H groups in total. The summed E-state index contributed by atoms with van der Waals surface area (Å²) in [6, 6.07) is 0. The molecule has 0 unspecified atom stereocenters.